The Hall–Kier alpha value is -3.06. The van der Waals surface area contributed by atoms with Gasteiger partial charge in [-0.2, -0.15) is 0 Å². The number of aliphatic hydroxyl groups excluding tert-OH is 1. The normalized spacial score (nSPS) is 11.9. The van der Waals surface area contributed by atoms with Crippen molar-refractivity contribution in [2.75, 3.05) is 0 Å². The number of pyridine rings is 2. The molecule has 0 aromatic carbocycles. The second kappa shape index (κ2) is 7.01. The van der Waals surface area contributed by atoms with E-state index in [0.29, 0.717) is 11.3 Å². The Morgan fingerprint density at radius 2 is 2.17 bits per heavy atom. The molecule has 0 bridgehead atoms. The molecule has 0 aliphatic carbocycles. The van der Waals surface area contributed by atoms with Gasteiger partial charge in [0.05, 0.1) is 12.2 Å². The van der Waals surface area contributed by atoms with E-state index >= 15 is 0 Å². The first kappa shape index (κ1) is 15.8. The van der Waals surface area contributed by atoms with Crippen molar-refractivity contribution in [1.82, 2.24) is 20.4 Å². The Bertz CT molecular complexity index is 816. The van der Waals surface area contributed by atoms with Crippen molar-refractivity contribution >= 4 is 5.91 Å². The number of aliphatic hydroxyl groups is 1. The van der Waals surface area contributed by atoms with E-state index in [4.69, 9.17) is 4.52 Å². The number of amides is 1. The van der Waals surface area contributed by atoms with Gasteiger partial charge >= 0.3 is 0 Å². The summed E-state index contributed by atoms with van der Waals surface area (Å²) in [5.41, 5.74) is 1.91. The molecule has 0 aliphatic heterocycles. The lowest BCUT2D eigenvalue weighted by molar-refractivity contribution is 0.0937. The van der Waals surface area contributed by atoms with E-state index in [2.05, 4.69) is 20.4 Å². The van der Waals surface area contributed by atoms with Gasteiger partial charge < -0.3 is 14.9 Å². The van der Waals surface area contributed by atoms with Crippen LogP contribution in [0.3, 0.4) is 0 Å². The highest BCUT2D eigenvalue weighted by Gasteiger charge is 2.26. The van der Waals surface area contributed by atoms with Crippen LogP contribution < -0.4 is 5.32 Å². The number of hydrogen-bond donors (Lipinski definition) is 2. The molecule has 3 rings (SSSR count). The van der Waals surface area contributed by atoms with Crippen LogP contribution in [-0.4, -0.2) is 26.1 Å². The minimum Gasteiger partial charge on any atom is -0.385 e. The predicted octanol–water partition coefficient (Wildman–Crippen LogP) is 2.11. The van der Waals surface area contributed by atoms with E-state index in [1.54, 1.807) is 36.8 Å². The number of rotatable bonds is 5. The highest BCUT2D eigenvalue weighted by molar-refractivity contribution is 6.00. The molecule has 122 valence electrons. The molecule has 24 heavy (non-hydrogen) atoms. The van der Waals surface area contributed by atoms with Crippen LogP contribution in [0.5, 0.6) is 0 Å². The molecular weight excluding hydrogens is 308 g/mol. The van der Waals surface area contributed by atoms with Gasteiger partial charge in [-0.1, -0.05) is 11.2 Å². The summed E-state index contributed by atoms with van der Waals surface area (Å²) in [6.45, 7) is 1.78. The molecule has 7 nitrogen and oxygen atoms in total. The first-order valence-electron chi connectivity index (χ1n) is 7.43. The van der Waals surface area contributed by atoms with Crippen molar-refractivity contribution in [1.29, 1.82) is 0 Å². The average Bonchev–Trinajstić information content (AvgIpc) is 3.07. The summed E-state index contributed by atoms with van der Waals surface area (Å²) in [6, 6.07) is 8.97. The number of hydrogen-bond acceptors (Lipinski definition) is 6. The molecule has 1 unspecified atom stereocenters. The van der Waals surface area contributed by atoms with Crippen molar-refractivity contribution in [2.24, 2.45) is 0 Å². The van der Waals surface area contributed by atoms with Crippen LogP contribution in [0, 0.1) is 0 Å². The molecule has 1 amide bonds. The first-order valence-corrected chi connectivity index (χ1v) is 7.43. The molecular formula is C17H16N4O3. The van der Waals surface area contributed by atoms with E-state index in [-0.39, 0.29) is 17.9 Å². The Morgan fingerprint density at radius 1 is 1.29 bits per heavy atom. The smallest absolute Gasteiger partial charge is 0.257 e. The molecule has 0 fully saturated rings. The molecule has 0 saturated carbocycles. The van der Waals surface area contributed by atoms with Gasteiger partial charge in [-0.15, -0.1) is 0 Å². The maximum atomic E-state index is 12.6. The van der Waals surface area contributed by atoms with Gasteiger partial charge in [0.25, 0.3) is 5.91 Å². The van der Waals surface area contributed by atoms with Gasteiger partial charge in [0.15, 0.2) is 5.76 Å². The topological polar surface area (TPSA) is 101 Å². The van der Waals surface area contributed by atoms with Crippen LogP contribution in [0.15, 0.2) is 53.4 Å². The number of aromatic nitrogens is 3. The molecule has 1 atom stereocenters. The fourth-order valence-corrected chi connectivity index (χ4v) is 2.27. The van der Waals surface area contributed by atoms with Crippen LogP contribution in [-0.2, 0) is 6.54 Å². The van der Waals surface area contributed by atoms with Crippen molar-refractivity contribution in [2.45, 2.75) is 19.6 Å². The lowest BCUT2D eigenvalue weighted by Crippen LogP contribution is -2.24. The molecule has 0 radical (unpaired) electrons. The van der Waals surface area contributed by atoms with Gasteiger partial charge in [-0.05, 0) is 31.2 Å². The maximum absolute atomic E-state index is 12.6. The Labute approximate surface area is 138 Å². The summed E-state index contributed by atoms with van der Waals surface area (Å²) in [5, 5.41) is 16.6. The number of nitrogens with zero attached hydrogens (tertiary/aromatic N) is 3. The highest BCUT2D eigenvalue weighted by atomic mass is 16.5. The Kier molecular flexibility index (Phi) is 4.62. The van der Waals surface area contributed by atoms with E-state index in [1.807, 2.05) is 12.1 Å². The minimum atomic E-state index is -0.960. The van der Waals surface area contributed by atoms with Crippen LogP contribution in [0.1, 0.15) is 34.8 Å². The molecule has 3 aromatic heterocycles. The van der Waals surface area contributed by atoms with Crippen molar-refractivity contribution in [3.05, 3.63) is 65.9 Å². The molecule has 2 N–H and O–H groups in total. The molecule has 7 heteroatoms. The third-order valence-electron chi connectivity index (χ3n) is 3.42. The van der Waals surface area contributed by atoms with E-state index in [9.17, 15) is 9.90 Å². The van der Waals surface area contributed by atoms with Crippen molar-refractivity contribution in [3.63, 3.8) is 0 Å². The second-order valence-corrected chi connectivity index (χ2v) is 5.19. The number of carbonyl (C=O) groups is 1. The summed E-state index contributed by atoms with van der Waals surface area (Å²) in [4.78, 5) is 20.8. The molecule has 0 aliphatic rings. The van der Waals surface area contributed by atoms with E-state index < -0.39 is 12.0 Å². The van der Waals surface area contributed by atoms with Crippen molar-refractivity contribution in [3.8, 4) is 11.3 Å². The molecule has 3 aromatic rings. The van der Waals surface area contributed by atoms with Gasteiger partial charge in [-0.25, -0.2) is 0 Å². The van der Waals surface area contributed by atoms with Crippen LogP contribution in [0.25, 0.3) is 11.3 Å². The van der Waals surface area contributed by atoms with Crippen LogP contribution >= 0.6 is 0 Å². The fourth-order valence-electron chi connectivity index (χ4n) is 2.27. The fraction of sp³-hybridized carbons (Fsp3) is 0.176. The lowest BCUT2D eigenvalue weighted by Gasteiger charge is -2.07. The summed E-state index contributed by atoms with van der Waals surface area (Å²) < 4.78 is 5.18. The Morgan fingerprint density at radius 3 is 2.83 bits per heavy atom. The molecule has 0 saturated heterocycles. The maximum Gasteiger partial charge on any atom is 0.257 e. The summed E-state index contributed by atoms with van der Waals surface area (Å²) in [7, 11) is 0. The first-order chi connectivity index (χ1) is 11.7. The van der Waals surface area contributed by atoms with E-state index in [1.165, 1.54) is 6.92 Å². The Balaban J connectivity index is 1.90. The minimum absolute atomic E-state index is 0.118. The molecule has 3 heterocycles. The third kappa shape index (κ3) is 3.31. The summed E-state index contributed by atoms with van der Waals surface area (Å²) >= 11 is 0. The van der Waals surface area contributed by atoms with Gasteiger partial charge in [-0.3, -0.25) is 14.8 Å². The predicted molar refractivity (Wildman–Crippen MR) is 85.8 cm³/mol. The summed E-state index contributed by atoms with van der Waals surface area (Å²) in [5.74, 6) is -0.274. The lowest BCUT2D eigenvalue weighted by atomic mass is 10.0. The second-order valence-electron chi connectivity index (χ2n) is 5.19. The summed E-state index contributed by atoms with van der Waals surface area (Å²) in [6.07, 6.45) is 3.90. The SMILES string of the molecule is CC(O)c1onc(-c2cccnc2)c1C(=O)NCc1ccccn1. The highest BCUT2D eigenvalue weighted by Crippen LogP contribution is 2.28. The van der Waals surface area contributed by atoms with Gasteiger partial charge in [0.2, 0.25) is 0 Å². The third-order valence-corrected chi connectivity index (χ3v) is 3.42. The standard InChI is InChI=1S/C17H16N4O3/c1-11(22)16-14(15(21-24-16)12-5-4-7-18-9-12)17(23)20-10-13-6-2-3-8-19-13/h2-9,11,22H,10H2,1H3,(H,20,23). The van der Waals surface area contributed by atoms with E-state index in [0.717, 1.165) is 5.69 Å². The zero-order chi connectivity index (χ0) is 16.9. The van der Waals surface area contributed by atoms with Crippen molar-refractivity contribution < 1.29 is 14.4 Å². The van der Waals surface area contributed by atoms with Crippen LogP contribution in [0.4, 0.5) is 0 Å². The quantitative estimate of drug-likeness (QED) is 0.745. The van der Waals surface area contributed by atoms with Crippen LogP contribution in [0.2, 0.25) is 0 Å². The van der Waals surface area contributed by atoms with Gasteiger partial charge in [0, 0.05) is 24.2 Å². The van der Waals surface area contributed by atoms with Gasteiger partial charge in [0.1, 0.15) is 17.4 Å². The monoisotopic (exact) mass is 324 g/mol. The average molecular weight is 324 g/mol. The number of carbonyl (C=O) groups excluding carboxylic acids is 1. The zero-order valence-electron chi connectivity index (χ0n) is 13.0. The molecule has 0 spiro atoms. The zero-order valence-corrected chi connectivity index (χ0v) is 13.0. The number of nitrogens with one attached hydrogen (secondary N) is 1. The largest absolute Gasteiger partial charge is 0.385 e.